The van der Waals surface area contributed by atoms with E-state index in [1.54, 1.807) is 24.3 Å². The van der Waals surface area contributed by atoms with E-state index in [0.717, 1.165) is 6.07 Å². The van der Waals surface area contributed by atoms with Gasteiger partial charge in [-0.25, -0.2) is 17.5 Å². The number of hydrogen-bond donors (Lipinski definition) is 1. The quantitative estimate of drug-likeness (QED) is 0.772. The molecule has 0 saturated heterocycles. The Kier molecular flexibility index (Phi) is 5.81. The Morgan fingerprint density at radius 1 is 1.17 bits per heavy atom. The fraction of sp³-hybridized carbons (Fsp3) is 0.200. The SMILES string of the molecule is COc1cccc(OCCNS(=O)(=O)c2cccc(Cl)c2F)c1. The number of nitrogens with one attached hydrogen (secondary N) is 1. The van der Waals surface area contributed by atoms with Crippen molar-refractivity contribution in [3.05, 3.63) is 53.3 Å². The summed E-state index contributed by atoms with van der Waals surface area (Å²) in [5.74, 6) is 0.192. The van der Waals surface area contributed by atoms with Gasteiger partial charge in [0.15, 0.2) is 5.82 Å². The molecule has 124 valence electrons. The molecule has 23 heavy (non-hydrogen) atoms. The number of hydrogen-bond acceptors (Lipinski definition) is 4. The van der Waals surface area contributed by atoms with Gasteiger partial charge in [0.1, 0.15) is 23.0 Å². The second-order valence-corrected chi connectivity index (χ2v) is 6.62. The van der Waals surface area contributed by atoms with Crippen molar-refractivity contribution in [3.63, 3.8) is 0 Å². The zero-order chi connectivity index (χ0) is 16.9. The van der Waals surface area contributed by atoms with Gasteiger partial charge in [0, 0.05) is 12.6 Å². The lowest BCUT2D eigenvalue weighted by atomic mass is 10.3. The lowest BCUT2D eigenvalue weighted by molar-refractivity contribution is 0.319. The summed E-state index contributed by atoms with van der Waals surface area (Å²) in [4.78, 5) is -0.494. The minimum absolute atomic E-state index is 0.0223. The van der Waals surface area contributed by atoms with Crippen LogP contribution in [0, 0.1) is 5.82 Å². The van der Waals surface area contributed by atoms with E-state index in [-0.39, 0.29) is 18.2 Å². The molecule has 0 aliphatic rings. The molecule has 2 aromatic carbocycles. The normalized spacial score (nSPS) is 11.3. The Balaban J connectivity index is 1.93. The molecule has 2 aromatic rings. The Morgan fingerprint density at radius 3 is 2.61 bits per heavy atom. The Labute approximate surface area is 139 Å². The van der Waals surface area contributed by atoms with Gasteiger partial charge in [-0.2, -0.15) is 0 Å². The second kappa shape index (κ2) is 7.63. The number of ether oxygens (including phenoxy) is 2. The number of benzene rings is 2. The molecule has 0 amide bonds. The van der Waals surface area contributed by atoms with E-state index in [4.69, 9.17) is 21.1 Å². The van der Waals surface area contributed by atoms with Gasteiger partial charge in [-0.1, -0.05) is 23.7 Å². The molecule has 0 heterocycles. The third-order valence-electron chi connectivity index (χ3n) is 2.91. The van der Waals surface area contributed by atoms with E-state index in [9.17, 15) is 12.8 Å². The summed E-state index contributed by atoms with van der Waals surface area (Å²) in [7, 11) is -2.46. The van der Waals surface area contributed by atoms with E-state index in [1.165, 1.54) is 19.2 Å². The van der Waals surface area contributed by atoms with Crippen LogP contribution in [0.2, 0.25) is 5.02 Å². The van der Waals surface area contributed by atoms with Crippen LogP contribution in [0.15, 0.2) is 47.4 Å². The van der Waals surface area contributed by atoms with E-state index in [2.05, 4.69) is 4.72 Å². The highest BCUT2D eigenvalue weighted by Crippen LogP contribution is 2.22. The number of methoxy groups -OCH3 is 1. The fourth-order valence-corrected chi connectivity index (χ4v) is 3.15. The molecular weight excluding hydrogens is 345 g/mol. The zero-order valence-electron chi connectivity index (χ0n) is 12.3. The zero-order valence-corrected chi connectivity index (χ0v) is 13.8. The van der Waals surface area contributed by atoms with Crippen molar-refractivity contribution in [2.75, 3.05) is 20.3 Å². The van der Waals surface area contributed by atoms with Gasteiger partial charge in [0.25, 0.3) is 0 Å². The first-order valence-corrected chi connectivity index (χ1v) is 8.50. The van der Waals surface area contributed by atoms with Crippen molar-refractivity contribution in [2.45, 2.75) is 4.90 Å². The molecule has 0 aliphatic heterocycles. The Bertz CT molecular complexity index is 783. The first kappa shape index (κ1) is 17.5. The minimum Gasteiger partial charge on any atom is -0.497 e. The molecule has 0 aromatic heterocycles. The average Bonchev–Trinajstić information content (AvgIpc) is 2.54. The molecule has 0 unspecified atom stereocenters. The maximum absolute atomic E-state index is 13.8. The van der Waals surface area contributed by atoms with Gasteiger partial charge >= 0.3 is 0 Å². The van der Waals surface area contributed by atoms with Crippen molar-refractivity contribution >= 4 is 21.6 Å². The van der Waals surface area contributed by atoms with Crippen LogP contribution in [0.4, 0.5) is 4.39 Å². The minimum atomic E-state index is -3.99. The molecule has 0 bridgehead atoms. The summed E-state index contributed by atoms with van der Waals surface area (Å²) in [6, 6.07) is 10.7. The molecular formula is C15H15ClFNO4S. The van der Waals surface area contributed by atoms with Crippen molar-refractivity contribution in [2.24, 2.45) is 0 Å². The summed E-state index contributed by atoms with van der Waals surface area (Å²) in [6.07, 6.45) is 0. The van der Waals surface area contributed by atoms with Crippen LogP contribution in [0.5, 0.6) is 11.5 Å². The van der Waals surface area contributed by atoms with Crippen molar-refractivity contribution in [1.82, 2.24) is 4.72 Å². The maximum Gasteiger partial charge on any atom is 0.243 e. The number of halogens is 2. The van der Waals surface area contributed by atoms with Crippen LogP contribution in [0.1, 0.15) is 0 Å². The molecule has 0 aliphatic carbocycles. The van der Waals surface area contributed by atoms with Gasteiger partial charge in [-0.15, -0.1) is 0 Å². The predicted octanol–water partition coefficient (Wildman–Crippen LogP) is 2.85. The van der Waals surface area contributed by atoms with Crippen LogP contribution in [0.3, 0.4) is 0 Å². The van der Waals surface area contributed by atoms with Crippen LogP contribution >= 0.6 is 11.6 Å². The number of sulfonamides is 1. The highest BCUT2D eigenvalue weighted by atomic mass is 35.5. The van der Waals surface area contributed by atoms with Crippen LogP contribution in [-0.2, 0) is 10.0 Å². The van der Waals surface area contributed by atoms with Gasteiger partial charge in [-0.3, -0.25) is 0 Å². The van der Waals surface area contributed by atoms with E-state index < -0.39 is 20.7 Å². The topological polar surface area (TPSA) is 64.6 Å². The monoisotopic (exact) mass is 359 g/mol. The van der Waals surface area contributed by atoms with Crippen molar-refractivity contribution in [3.8, 4) is 11.5 Å². The van der Waals surface area contributed by atoms with Gasteiger partial charge in [-0.05, 0) is 24.3 Å². The highest BCUT2D eigenvalue weighted by molar-refractivity contribution is 7.89. The van der Waals surface area contributed by atoms with E-state index >= 15 is 0 Å². The van der Waals surface area contributed by atoms with E-state index in [1.807, 2.05) is 0 Å². The van der Waals surface area contributed by atoms with Gasteiger partial charge < -0.3 is 9.47 Å². The summed E-state index contributed by atoms with van der Waals surface area (Å²) in [6.45, 7) is 0.0556. The van der Waals surface area contributed by atoms with Gasteiger partial charge in [0.2, 0.25) is 10.0 Å². The first-order chi connectivity index (χ1) is 10.9. The second-order valence-electron chi connectivity index (χ2n) is 4.48. The average molecular weight is 360 g/mol. The Morgan fingerprint density at radius 2 is 1.87 bits per heavy atom. The molecule has 2 rings (SSSR count). The lowest BCUT2D eigenvalue weighted by Gasteiger charge is -2.10. The fourth-order valence-electron chi connectivity index (χ4n) is 1.81. The largest absolute Gasteiger partial charge is 0.497 e. The van der Waals surface area contributed by atoms with E-state index in [0.29, 0.717) is 11.5 Å². The Hall–Kier alpha value is -1.83. The third kappa shape index (κ3) is 4.57. The van der Waals surface area contributed by atoms with Crippen LogP contribution < -0.4 is 14.2 Å². The molecule has 0 saturated carbocycles. The molecule has 0 fully saturated rings. The summed E-state index contributed by atoms with van der Waals surface area (Å²) in [5.41, 5.74) is 0. The predicted molar refractivity (Wildman–Crippen MR) is 85.1 cm³/mol. The lowest BCUT2D eigenvalue weighted by Crippen LogP contribution is -2.29. The van der Waals surface area contributed by atoms with Crippen molar-refractivity contribution in [1.29, 1.82) is 0 Å². The molecule has 8 heteroatoms. The summed E-state index contributed by atoms with van der Waals surface area (Å²) >= 11 is 5.59. The summed E-state index contributed by atoms with van der Waals surface area (Å²) in [5, 5.41) is -0.250. The van der Waals surface area contributed by atoms with Crippen molar-refractivity contribution < 1.29 is 22.3 Å². The molecule has 1 N–H and O–H groups in total. The molecule has 0 atom stereocenters. The smallest absolute Gasteiger partial charge is 0.243 e. The maximum atomic E-state index is 13.8. The standard InChI is InChI=1S/C15H15ClFNO4S/c1-21-11-4-2-5-12(10-11)22-9-8-18-23(19,20)14-7-3-6-13(16)15(14)17/h2-7,10,18H,8-9H2,1H3. The van der Waals surface area contributed by atoms with Gasteiger partial charge in [0.05, 0.1) is 12.1 Å². The highest BCUT2D eigenvalue weighted by Gasteiger charge is 2.20. The van der Waals surface area contributed by atoms with Crippen LogP contribution in [-0.4, -0.2) is 28.7 Å². The summed E-state index contributed by atoms with van der Waals surface area (Å²) < 4.78 is 50.5. The third-order valence-corrected chi connectivity index (χ3v) is 4.68. The number of rotatable bonds is 7. The van der Waals surface area contributed by atoms with Crippen LogP contribution in [0.25, 0.3) is 0 Å². The molecule has 0 radical (unpaired) electrons. The molecule has 5 nitrogen and oxygen atoms in total. The first-order valence-electron chi connectivity index (χ1n) is 6.64. The molecule has 0 spiro atoms.